The molecule has 28 heavy (non-hydrogen) atoms. The van der Waals surface area contributed by atoms with Crippen molar-refractivity contribution in [1.29, 1.82) is 0 Å². The molecular weight excluding hydrogens is 416 g/mol. The van der Waals surface area contributed by atoms with E-state index in [1.807, 2.05) is 43.3 Å². The Balaban J connectivity index is 1.57. The van der Waals surface area contributed by atoms with Crippen LogP contribution >= 0.6 is 23.4 Å². The van der Waals surface area contributed by atoms with Gasteiger partial charge in [-0.1, -0.05) is 41.6 Å². The van der Waals surface area contributed by atoms with Crippen molar-refractivity contribution in [2.24, 2.45) is 10.1 Å². The van der Waals surface area contributed by atoms with Crippen LogP contribution in [0.5, 0.6) is 0 Å². The SMILES string of the molecule is CC1Cc2cc(C3=NNC(=Nc4ccccc4Cl)SC3)ccc2N1S(C)(=O)=O. The lowest BCUT2D eigenvalue weighted by Crippen LogP contribution is -2.34. The van der Waals surface area contributed by atoms with Crippen molar-refractivity contribution in [3.8, 4) is 0 Å². The second-order valence-corrected chi connectivity index (χ2v) is 10.0. The first-order valence-electron chi connectivity index (χ1n) is 8.74. The van der Waals surface area contributed by atoms with Gasteiger partial charge < -0.3 is 0 Å². The lowest BCUT2D eigenvalue weighted by atomic mass is 10.0. The van der Waals surface area contributed by atoms with Crippen LogP contribution in [0.3, 0.4) is 0 Å². The Bertz CT molecular complexity index is 1100. The number of hydrogen-bond donors (Lipinski definition) is 1. The molecule has 0 amide bonds. The first-order chi connectivity index (χ1) is 13.3. The van der Waals surface area contributed by atoms with Gasteiger partial charge in [0, 0.05) is 11.8 Å². The summed E-state index contributed by atoms with van der Waals surface area (Å²) in [5.74, 6) is 0.667. The molecule has 0 aromatic heterocycles. The number of amidine groups is 1. The summed E-state index contributed by atoms with van der Waals surface area (Å²) >= 11 is 7.70. The molecule has 2 aliphatic heterocycles. The minimum Gasteiger partial charge on any atom is -0.267 e. The summed E-state index contributed by atoms with van der Waals surface area (Å²) in [7, 11) is -3.28. The van der Waals surface area contributed by atoms with Crippen LogP contribution < -0.4 is 9.73 Å². The van der Waals surface area contributed by atoms with Crippen LogP contribution in [0.15, 0.2) is 52.6 Å². The second kappa shape index (κ2) is 7.42. The molecule has 9 heteroatoms. The number of aliphatic imine (C=N–C) groups is 1. The van der Waals surface area contributed by atoms with E-state index in [9.17, 15) is 8.42 Å². The van der Waals surface area contributed by atoms with Gasteiger partial charge in [0.15, 0.2) is 5.17 Å². The first kappa shape index (κ1) is 19.3. The third-order valence-electron chi connectivity index (χ3n) is 4.63. The van der Waals surface area contributed by atoms with E-state index in [2.05, 4.69) is 15.5 Å². The molecule has 146 valence electrons. The normalized spacial score (nSPS) is 20.7. The van der Waals surface area contributed by atoms with Crippen molar-refractivity contribution in [2.75, 3.05) is 16.3 Å². The number of sulfonamides is 1. The monoisotopic (exact) mass is 434 g/mol. The quantitative estimate of drug-likeness (QED) is 0.797. The molecular formula is C19H19ClN4O2S2. The Kier molecular flexibility index (Phi) is 5.11. The number of nitrogens with one attached hydrogen (secondary N) is 1. The number of benzene rings is 2. The highest BCUT2D eigenvalue weighted by molar-refractivity contribution is 8.14. The van der Waals surface area contributed by atoms with Gasteiger partial charge in [0.1, 0.15) is 0 Å². The molecule has 2 heterocycles. The Morgan fingerprint density at radius 2 is 2.07 bits per heavy atom. The second-order valence-electron chi connectivity index (χ2n) is 6.78. The summed E-state index contributed by atoms with van der Waals surface area (Å²) < 4.78 is 25.6. The average molecular weight is 435 g/mol. The predicted octanol–water partition coefficient (Wildman–Crippen LogP) is 3.78. The summed E-state index contributed by atoms with van der Waals surface area (Å²) in [5, 5.41) is 5.74. The van der Waals surface area contributed by atoms with Gasteiger partial charge in [-0.3, -0.25) is 9.73 Å². The van der Waals surface area contributed by atoms with Crippen LogP contribution in [0.2, 0.25) is 5.02 Å². The fraction of sp³-hybridized carbons (Fsp3) is 0.263. The van der Waals surface area contributed by atoms with Crippen molar-refractivity contribution in [3.05, 3.63) is 58.6 Å². The molecule has 0 fully saturated rings. The topological polar surface area (TPSA) is 74.1 Å². The summed E-state index contributed by atoms with van der Waals surface area (Å²) in [4.78, 5) is 4.51. The van der Waals surface area contributed by atoms with Gasteiger partial charge >= 0.3 is 0 Å². The third kappa shape index (κ3) is 3.76. The van der Waals surface area contributed by atoms with Crippen molar-refractivity contribution in [1.82, 2.24) is 5.43 Å². The standard InChI is InChI=1S/C19H19ClN4O2S2/c1-12-9-14-10-13(7-8-18(14)24(12)28(2,25)26)17-11-27-19(23-22-17)21-16-6-4-3-5-15(16)20/h3-8,10,12H,9,11H2,1-2H3,(H,21,23). The molecule has 2 aliphatic rings. The Morgan fingerprint density at radius 3 is 2.75 bits per heavy atom. The molecule has 0 bridgehead atoms. The van der Waals surface area contributed by atoms with Crippen molar-refractivity contribution < 1.29 is 8.42 Å². The maximum Gasteiger partial charge on any atom is 0.232 e. The van der Waals surface area contributed by atoms with Gasteiger partial charge in [-0.25, -0.2) is 13.4 Å². The molecule has 4 rings (SSSR count). The lowest BCUT2D eigenvalue weighted by Gasteiger charge is -2.22. The molecule has 2 aromatic carbocycles. The van der Waals surface area contributed by atoms with Gasteiger partial charge in [0.25, 0.3) is 0 Å². The smallest absolute Gasteiger partial charge is 0.232 e. The van der Waals surface area contributed by atoms with Crippen molar-refractivity contribution >= 4 is 55.6 Å². The van der Waals surface area contributed by atoms with Gasteiger partial charge in [-0.15, -0.1) is 0 Å². The zero-order chi connectivity index (χ0) is 19.9. The van der Waals surface area contributed by atoms with E-state index < -0.39 is 10.0 Å². The molecule has 0 saturated carbocycles. The van der Waals surface area contributed by atoms with Crippen LogP contribution in [0.1, 0.15) is 18.1 Å². The number of para-hydroxylation sites is 1. The van der Waals surface area contributed by atoms with Gasteiger partial charge in [-0.05, 0) is 48.7 Å². The van der Waals surface area contributed by atoms with Gasteiger partial charge in [0.2, 0.25) is 10.0 Å². The van der Waals surface area contributed by atoms with Crippen LogP contribution in [0.25, 0.3) is 0 Å². The van der Waals surface area contributed by atoms with Gasteiger partial charge in [-0.2, -0.15) is 5.10 Å². The molecule has 0 aliphatic carbocycles. The molecule has 1 unspecified atom stereocenters. The molecule has 0 saturated heterocycles. The van der Waals surface area contributed by atoms with E-state index in [0.717, 1.165) is 22.5 Å². The summed E-state index contributed by atoms with van der Waals surface area (Å²) in [5.41, 5.74) is 7.36. The summed E-state index contributed by atoms with van der Waals surface area (Å²) in [6, 6.07) is 13.2. The minimum absolute atomic E-state index is 0.0737. The Morgan fingerprint density at radius 1 is 1.29 bits per heavy atom. The summed E-state index contributed by atoms with van der Waals surface area (Å²) in [6.45, 7) is 1.92. The molecule has 6 nitrogen and oxygen atoms in total. The molecule has 2 aromatic rings. The molecule has 1 atom stereocenters. The van der Waals surface area contributed by atoms with Crippen LogP contribution in [-0.2, 0) is 16.4 Å². The zero-order valence-corrected chi connectivity index (χ0v) is 17.8. The molecule has 0 spiro atoms. The lowest BCUT2D eigenvalue weighted by molar-refractivity contribution is 0.590. The fourth-order valence-corrected chi connectivity index (χ4v) is 5.68. The number of hydrogen-bond acceptors (Lipinski definition) is 5. The highest BCUT2D eigenvalue weighted by Gasteiger charge is 2.32. The highest BCUT2D eigenvalue weighted by Crippen LogP contribution is 2.35. The van der Waals surface area contributed by atoms with Crippen LogP contribution in [-0.4, -0.2) is 37.3 Å². The number of hydrazone groups is 1. The average Bonchev–Trinajstić information content (AvgIpc) is 2.99. The molecule has 0 radical (unpaired) electrons. The largest absolute Gasteiger partial charge is 0.267 e. The zero-order valence-electron chi connectivity index (χ0n) is 15.4. The van der Waals surface area contributed by atoms with Crippen molar-refractivity contribution in [2.45, 2.75) is 19.4 Å². The van der Waals surface area contributed by atoms with E-state index in [4.69, 9.17) is 11.6 Å². The number of anilines is 1. The van der Waals surface area contributed by atoms with E-state index in [1.54, 1.807) is 17.8 Å². The first-order valence-corrected chi connectivity index (χ1v) is 12.0. The predicted molar refractivity (Wildman–Crippen MR) is 118 cm³/mol. The van der Waals surface area contributed by atoms with Crippen LogP contribution in [0.4, 0.5) is 11.4 Å². The fourth-order valence-electron chi connectivity index (χ4n) is 3.46. The Hall–Kier alpha value is -2.03. The van der Waals surface area contributed by atoms with Crippen LogP contribution in [0, 0.1) is 0 Å². The maximum absolute atomic E-state index is 12.1. The van der Waals surface area contributed by atoms with Crippen molar-refractivity contribution in [3.63, 3.8) is 0 Å². The van der Waals surface area contributed by atoms with E-state index in [1.165, 1.54) is 10.6 Å². The summed E-state index contributed by atoms with van der Waals surface area (Å²) in [6.07, 6.45) is 1.95. The van der Waals surface area contributed by atoms with E-state index in [-0.39, 0.29) is 6.04 Å². The number of halogens is 1. The van der Waals surface area contributed by atoms with Gasteiger partial charge in [0.05, 0.1) is 28.4 Å². The number of rotatable bonds is 3. The minimum atomic E-state index is -3.28. The highest BCUT2D eigenvalue weighted by atomic mass is 35.5. The number of fused-ring (bicyclic) bond motifs is 1. The Labute approximate surface area is 173 Å². The van der Waals surface area contributed by atoms with E-state index in [0.29, 0.717) is 28.1 Å². The third-order valence-corrected chi connectivity index (χ3v) is 7.09. The van der Waals surface area contributed by atoms with E-state index >= 15 is 0 Å². The molecule has 1 N–H and O–H groups in total. The number of nitrogens with zero attached hydrogens (tertiary/aromatic N) is 3. The maximum atomic E-state index is 12.1. The number of thioether (sulfide) groups is 1.